The lowest BCUT2D eigenvalue weighted by Gasteiger charge is -2.13. The highest BCUT2D eigenvalue weighted by molar-refractivity contribution is 7.18. The molecule has 0 aromatic carbocycles. The summed E-state index contributed by atoms with van der Waals surface area (Å²) >= 11 is 1.55. The van der Waals surface area contributed by atoms with E-state index in [1.54, 1.807) is 29.2 Å². The molecule has 0 saturated carbocycles. The topological polar surface area (TPSA) is 86.2 Å². The van der Waals surface area contributed by atoms with Crippen LogP contribution in [0.1, 0.15) is 36.7 Å². The van der Waals surface area contributed by atoms with Crippen LogP contribution in [0, 0.1) is 0 Å². The van der Waals surface area contributed by atoms with Crippen molar-refractivity contribution in [2.45, 2.75) is 39.7 Å². The Kier molecular flexibility index (Phi) is 6.64. The van der Waals surface area contributed by atoms with Crippen LogP contribution in [-0.4, -0.2) is 34.9 Å². The van der Waals surface area contributed by atoms with Gasteiger partial charge < -0.3 is 14.5 Å². The smallest absolute Gasteiger partial charge is 0.262 e. The summed E-state index contributed by atoms with van der Waals surface area (Å²) in [6, 6.07) is 3.39. The average molecular weight is 404 g/mol. The van der Waals surface area contributed by atoms with E-state index in [-0.39, 0.29) is 23.3 Å². The number of aromatic nitrogens is 3. The van der Waals surface area contributed by atoms with Gasteiger partial charge in [-0.05, 0) is 18.9 Å². The molecule has 3 aromatic rings. The van der Waals surface area contributed by atoms with Crippen molar-refractivity contribution in [1.29, 1.82) is 0 Å². The summed E-state index contributed by atoms with van der Waals surface area (Å²) in [7, 11) is 1.62. The maximum atomic E-state index is 13.1. The fourth-order valence-electron chi connectivity index (χ4n) is 2.92. The third kappa shape index (κ3) is 4.34. The first kappa shape index (κ1) is 20.3. The summed E-state index contributed by atoms with van der Waals surface area (Å²) in [6.45, 7) is 5.23. The minimum absolute atomic E-state index is 0.0980. The Morgan fingerprint density at radius 1 is 1.21 bits per heavy atom. The van der Waals surface area contributed by atoms with Gasteiger partial charge in [-0.25, -0.2) is 4.98 Å². The van der Waals surface area contributed by atoms with Crippen LogP contribution in [0.2, 0.25) is 0 Å². The molecule has 0 spiro atoms. The fourth-order valence-corrected chi connectivity index (χ4v) is 3.89. The number of methoxy groups -OCH3 is 1. The molecule has 0 amide bonds. The van der Waals surface area contributed by atoms with Crippen molar-refractivity contribution in [3.8, 4) is 5.75 Å². The zero-order valence-electron chi connectivity index (χ0n) is 16.4. The van der Waals surface area contributed by atoms with Crippen molar-refractivity contribution < 1.29 is 9.47 Å². The first-order valence-electron chi connectivity index (χ1n) is 9.42. The molecular weight excluding hydrogens is 378 g/mol. The van der Waals surface area contributed by atoms with E-state index in [1.165, 1.54) is 6.07 Å². The van der Waals surface area contributed by atoms with Gasteiger partial charge in [0.25, 0.3) is 5.56 Å². The van der Waals surface area contributed by atoms with Gasteiger partial charge in [-0.15, -0.1) is 11.3 Å². The number of nitrogens with zero attached hydrogens (tertiary/aromatic N) is 2. The zero-order valence-corrected chi connectivity index (χ0v) is 17.2. The number of H-pyrrole nitrogens is 1. The number of aryl methyl sites for hydroxylation is 1. The molecule has 0 bridgehead atoms. The second kappa shape index (κ2) is 9.16. The summed E-state index contributed by atoms with van der Waals surface area (Å²) in [6.07, 6.45) is 3.76. The second-order valence-corrected chi connectivity index (χ2v) is 7.60. The molecule has 0 aliphatic rings. The highest BCUT2D eigenvalue weighted by Gasteiger charge is 2.15. The summed E-state index contributed by atoms with van der Waals surface area (Å²) < 4.78 is 12.2. The lowest BCUT2D eigenvalue weighted by Crippen LogP contribution is -2.27. The molecule has 1 N–H and O–H groups in total. The number of nitrogens with one attached hydrogen (secondary N) is 1. The lowest BCUT2D eigenvalue weighted by atomic mass is 10.2. The quantitative estimate of drug-likeness (QED) is 0.594. The Hall–Kier alpha value is -2.45. The first-order valence-corrected chi connectivity index (χ1v) is 10.2. The van der Waals surface area contributed by atoms with Crippen molar-refractivity contribution in [1.82, 2.24) is 14.5 Å². The van der Waals surface area contributed by atoms with Gasteiger partial charge in [0.15, 0.2) is 5.75 Å². The SMILES string of the molecule is CCCOc1c[nH]c(Cn2c(CCOC)nc3sc(CC)cc3c2=O)cc1=O. The molecule has 8 heteroatoms. The largest absolute Gasteiger partial charge is 0.488 e. The number of hydrogen-bond donors (Lipinski definition) is 1. The molecule has 0 saturated heterocycles. The molecule has 3 heterocycles. The monoisotopic (exact) mass is 403 g/mol. The number of fused-ring (bicyclic) bond motifs is 1. The average Bonchev–Trinajstić information content (AvgIpc) is 3.11. The van der Waals surface area contributed by atoms with Crippen molar-refractivity contribution in [2.75, 3.05) is 20.3 Å². The first-order chi connectivity index (χ1) is 13.6. The van der Waals surface area contributed by atoms with Gasteiger partial charge in [0.2, 0.25) is 5.43 Å². The number of thiophene rings is 1. The predicted octanol–water partition coefficient (Wildman–Crippen LogP) is 2.73. The molecule has 0 aliphatic heterocycles. The summed E-state index contributed by atoms with van der Waals surface area (Å²) in [5.74, 6) is 0.938. The summed E-state index contributed by atoms with van der Waals surface area (Å²) in [5.41, 5.74) is 0.326. The van der Waals surface area contributed by atoms with E-state index in [4.69, 9.17) is 14.5 Å². The number of hydrogen-bond acceptors (Lipinski definition) is 6. The molecule has 0 radical (unpaired) electrons. The van der Waals surface area contributed by atoms with E-state index in [0.29, 0.717) is 36.5 Å². The molecule has 150 valence electrons. The number of rotatable bonds is 9. The zero-order chi connectivity index (χ0) is 20.1. The highest BCUT2D eigenvalue weighted by atomic mass is 32.1. The van der Waals surface area contributed by atoms with E-state index in [1.807, 2.05) is 13.0 Å². The third-order valence-corrected chi connectivity index (χ3v) is 5.56. The van der Waals surface area contributed by atoms with Crippen LogP contribution in [0.25, 0.3) is 10.2 Å². The van der Waals surface area contributed by atoms with Crippen LogP contribution in [0.5, 0.6) is 5.75 Å². The molecule has 0 atom stereocenters. The van der Waals surface area contributed by atoms with Gasteiger partial charge in [0, 0.05) is 36.4 Å². The second-order valence-electron chi connectivity index (χ2n) is 6.48. The standard InChI is InChI=1S/C20H25N3O4S/c1-4-7-27-17-11-21-13(9-16(17)24)12-23-18(6-8-26-3)22-19-15(20(23)25)10-14(5-2)28-19/h9-11H,4-8,12H2,1-3H3,(H,21,24). The van der Waals surface area contributed by atoms with Crippen molar-refractivity contribution in [3.63, 3.8) is 0 Å². The molecule has 7 nitrogen and oxygen atoms in total. The van der Waals surface area contributed by atoms with Crippen LogP contribution in [0.3, 0.4) is 0 Å². The fraction of sp³-hybridized carbons (Fsp3) is 0.450. The lowest BCUT2D eigenvalue weighted by molar-refractivity contribution is 0.199. The number of aromatic amines is 1. The molecule has 0 aliphatic carbocycles. The van der Waals surface area contributed by atoms with Crippen molar-refractivity contribution in [3.05, 3.63) is 55.3 Å². The molecule has 0 fully saturated rings. The van der Waals surface area contributed by atoms with Crippen LogP contribution in [0.15, 0.2) is 27.9 Å². The van der Waals surface area contributed by atoms with Crippen LogP contribution in [-0.2, 0) is 24.1 Å². The van der Waals surface area contributed by atoms with E-state index >= 15 is 0 Å². The predicted molar refractivity (Wildman–Crippen MR) is 111 cm³/mol. The highest BCUT2D eigenvalue weighted by Crippen LogP contribution is 2.22. The van der Waals surface area contributed by atoms with Crippen LogP contribution in [0.4, 0.5) is 0 Å². The van der Waals surface area contributed by atoms with Gasteiger partial charge in [-0.2, -0.15) is 0 Å². The molecular formula is C20H25N3O4S. The van der Waals surface area contributed by atoms with E-state index in [0.717, 1.165) is 22.5 Å². The van der Waals surface area contributed by atoms with Crippen molar-refractivity contribution >= 4 is 21.6 Å². The third-order valence-electron chi connectivity index (χ3n) is 4.39. The minimum atomic E-state index is -0.202. The summed E-state index contributed by atoms with van der Waals surface area (Å²) in [5, 5.41) is 0.619. The molecule has 0 unspecified atom stereocenters. The van der Waals surface area contributed by atoms with E-state index in [9.17, 15) is 9.59 Å². The number of ether oxygens (including phenoxy) is 2. The number of pyridine rings is 1. The van der Waals surface area contributed by atoms with Gasteiger partial charge >= 0.3 is 0 Å². The molecule has 28 heavy (non-hydrogen) atoms. The van der Waals surface area contributed by atoms with Gasteiger partial charge in [-0.1, -0.05) is 13.8 Å². The van der Waals surface area contributed by atoms with E-state index < -0.39 is 0 Å². The van der Waals surface area contributed by atoms with Crippen molar-refractivity contribution in [2.24, 2.45) is 0 Å². The van der Waals surface area contributed by atoms with Gasteiger partial charge in [-0.3, -0.25) is 14.2 Å². The molecule has 3 aromatic heterocycles. The van der Waals surface area contributed by atoms with Gasteiger partial charge in [0.1, 0.15) is 10.7 Å². The Bertz CT molecular complexity index is 1070. The minimum Gasteiger partial charge on any atom is -0.488 e. The van der Waals surface area contributed by atoms with Crippen LogP contribution < -0.4 is 15.7 Å². The maximum absolute atomic E-state index is 13.1. The summed E-state index contributed by atoms with van der Waals surface area (Å²) in [4.78, 5) is 35.0. The van der Waals surface area contributed by atoms with Gasteiger partial charge in [0.05, 0.1) is 25.1 Å². The Balaban J connectivity index is 2.00. The maximum Gasteiger partial charge on any atom is 0.262 e. The Morgan fingerprint density at radius 3 is 2.71 bits per heavy atom. The Labute approximate surface area is 167 Å². The normalized spacial score (nSPS) is 11.2. The van der Waals surface area contributed by atoms with E-state index in [2.05, 4.69) is 11.9 Å². The Morgan fingerprint density at radius 2 is 2.04 bits per heavy atom. The molecule has 3 rings (SSSR count). The van der Waals surface area contributed by atoms with Crippen LogP contribution >= 0.6 is 11.3 Å².